The summed E-state index contributed by atoms with van der Waals surface area (Å²) in [7, 11) is -3.66. The minimum Gasteiger partial charge on any atom is -0.452 e. The molecule has 0 atom stereocenters. The molecule has 0 aromatic heterocycles. The maximum absolute atomic E-state index is 12.7. The highest BCUT2D eigenvalue weighted by atomic mass is 35.5. The predicted octanol–water partition coefficient (Wildman–Crippen LogP) is 3.88. The third kappa shape index (κ3) is 4.95. The molecule has 1 aliphatic heterocycles. The van der Waals surface area contributed by atoms with Crippen LogP contribution in [0.3, 0.4) is 0 Å². The summed E-state index contributed by atoms with van der Waals surface area (Å²) in [5.41, 5.74) is 0.997. The van der Waals surface area contributed by atoms with Gasteiger partial charge in [0.2, 0.25) is 10.0 Å². The van der Waals surface area contributed by atoms with Gasteiger partial charge < -0.3 is 10.1 Å². The van der Waals surface area contributed by atoms with Gasteiger partial charge in [0, 0.05) is 13.1 Å². The van der Waals surface area contributed by atoms with Gasteiger partial charge in [-0.25, -0.2) is 13.2 Å². The molecule has 0 saturated carbocycles. The highest BCUT2D eigenvalue weighted by Gasteiger charge is 2.27. The number of benzene rings is 2. The molecule has 2 aromatic rings. The van der Waals surface area contributed by atoms with Crippen LogP contribution >= 0.6 is 23.2 Å². The first-order chi connectivity index (χ1) is 14.2. The van der Waals surface area contributed by atoms with E-state index in [1.54, 1.807) is 19.1 Å². The van der Waals surface area contributed by atoms with Crippen molar-refractivity contribution in [2.24, 2.45) is 0 Å². The van der Waals surface area contributed by atoms with Crippen molar-refractivity contribution in [3.8, 4) is 0 Å². The number of sulfonamides is 1. The Kier molecular flexibility index (Phi) is 7.02. The first-order valence-corrected chi connectivity index (χ1v) is 11.4. The van der Waals surface area contributed by atoms with E-state index in [1.807, 2.05) is 0 Å². The molecule has 1 heterocycles. The molecular weight excluding hydrogens is 451 g/mol. The van der Waals surface area contributed by atoms with Crippen LogP contribution in [-0.2, 0) is 19.6 Å². The molecule has 1 amide bonds. The minimum absolute atomic E-state index is 0.0154. The number of esters is 1. The van der Waals surface area contributed by atoms with E-state index in [4.69, 9.17) is 27.9 Å². The summed E-state index contributed by atoms with van der Waals surface area (Å²) in [6.07, 6.45) is 1.62. The maximum Gasteiger partial charge on any atom is 0.338 e. The van der Waals surface area contributed by atoms with Crippen molar-refractivity contribution in [1.29, 1.82) is 0 Å². The lowest BCUT2D eigenvalue weighted by molar-refractivity contribution is -0.119. The van der Waals surface area contributed by atoms with E-state index >= 15 is 0 Å². The van der Waals surface area contributed by atoms with Gasteiger partial charge in [0.25, 0.3) is 5.91 Å². The highest BCUT2D eigenvalue weighted by molar-refractivity contribution is 7.89. The topological polar surface area (TPSA) is 92.8 Å². The molecule has 0 spiro atoms. The molecule has 0 bridgehead atoms. The van der Waals surface area contributed by atoms with Crippen molar-refractivity contribution in [3.63, 3.8) is 0 Å². The van der Waals surface area contributed by atoms with E-state index in [1.165, 1.54) is 28.6 Å². The van der Waals surface area contributed by atoms with Gasteiger partial charge in [-0.15, -0.1) is 0 Å². The second-order valence-electron chi connectivity index (χ2n) is 6.82. The average Bonchev–Trinajstić information content (AvgIpc) is 3.28. The molecule has 3 rings (SSSR count). The largest absolute Gasteiger partial charge is 0.452 e. The lowest BCUT2D eigenvalue weighted by atomic mass is 10.2. The van der Waals surface area contributed by atoms with Crippen molar-refractivity contribution in [2.75, 3.05) is 25.0 Å². The van der Waals surface area contributed by atoms with Gasteiger partial charge in [0.05, 0.1) is 26.2 Å². The fraction of sp³-hybridized carbons (Fsp3) is 0.300. The smallest absolute Gasteiger partial charge is 0.338 e. The van der Waals surface area contributed by atoms with Crippen LogP contribution in [0.5, 0.6) is 0 Å². The molecule has 1 saturated heterocycles. The molecule has 1 N–H and O–H groups in total. The Morgan fingerprint density at radius 3 is 2.53 bits per heavy atom. The lowest BCUT2D eigenvalue weighted by Crippen LogP contribution is -2.28. The molecule has 160 valence electrons. The number of carbonyl (C=O) groups excluding carboxylic acids is 2. The maximum atomic E-state index is 12.7. The zero-order chi connectivity index (χ0) is 21.9. The Morgan fingerprint density at radius 2 is 1.83 bits per heavy atom. The first-order valence-electron chi connectivity index (χ1n) is 9.22. The van der Waals surface area contributed by atoms with Crippen molar-refractivity contribution < 1.29 is 22.7 Å². The standard InChI is InChI=1S/C20H20Cl2N2O5S/c1-13-7-8-16(21)19(18(13)22)23-17(25)12-29-20(26)14-5-4-6-15(11-14)30(27,28)24-9-2-3-10-24/h4-8,11H,2-3,9-10,12H2,1H3,(H,23,25). The number of halogens is 2. The molecule has 0 radical (unpaired) electrons. The van der Waals surface area contributed by atoms with Gasteiger partial charge in [0.15, 0.2) is 6.61 Å². The predicted molar refractivity (Wildman–Crippen MR) is 115 cm³/mol. The molecule has 0 aliphatic carbocycles. The quantitative estimate of drug-likeness (QED) is 0.646. The van der Waals surface area contributed by atoms with Gasteiger partial charge >= 0.3 is 5.97 Å². The average molecular weight is 471 g/mol. The molecule has 0 unspecified atom stereocenters. The number of rotatable bonds is 6. The summed E-state index contributed by atoms with van der Waals surface area (Å²) in [6, 6.07) is 8.88. The van der Waals surface area contributed by atoms with Crippen LogP contribution in [0.2, 0.25) is 10.0 Å². The molecule has 1 aliphatic rings. The zero-order valence-electron chi connectivity index (χ0n) is 16.2. The number of hydrogen-bond donors (Lipinski definition) is 1. The highest BCUT2D eigenvalue weighted by Crippen LogP contribution is 2.32. The summed E-state index contributed by atoms with van der Waals surface area (Å²) in [4.78, 5) is 24.5. The number of nitrogens with zero attached hydrogens (tertiary/aromatic N) is 1. The van der Waals surface area contributed by atoms with Crippen LogP contribution in [0.1, 0.15) is 28.8 Å². The zero-order valence-corrected chi connectivity index (χ0v) is 18.5. The number of hydrogen-bond acceptors (Lipinski definition) is 5. The number of ether oxygens (including phenoxy) is 1. The van der Waals surface area contributed by atoms with Crippen LogP contribution in [0.4, 0.5) is 5.69 Å². The third-order valence-corrected chi connectivity index (χ3v) is 7.35. The summed E-state index contributed by atoms with van der Waals surface area (Å²) in [6.45, 7) is 2.10. The van der Waals surface area contributed by atoms with Crippen LogP contribution in [0, 0.1) is 6.92 Å². The van der Waals surface area contributed by atoms with E-state index in [-0.39, 0.29) is 21.2 Å². The molecule has 30 heavy (non-hydrogen) atoms. The van der Waals surface area contributed by atoms with Gasteiger partial charge in [-0.1, -0.05) is 35.3 Å². The van der Waals surface area contributed by atoms with Crippen molar-refractivity contribution in [1.82, 2.24) is 4.31 Å². The normalized spacial score (nSPS) is 14.5. The molecular formula is C20H20Cl2N2O5S. The van der Waals surface area contributed by atoms with Crippen molar-refractivity contribution in [3.05, 3.63) is 57.6 Å². The lowest BCUT2D eigenvalue weighted by Gasteiger charge is -2.16. The number of anilines is 1. The second kappa shape index (κ2) is 9.34. The number of amides is 1. The molecule has 1 fully saturated rings. The number of carbonyl (C=O) groups is 2. The molecule has 7 nitrogen and oxygen atoms in total. The van der Waals surface area contributed by atoms with Crippen LogP contribution < -0.4 is 5.32 Å². The van der Waals surface area contributed by atoms with Crippen LogP contribution in [-0.4, -0.2) is 44.3 Å². The first kappa shape index (κ1) is 22.6. The Morgan fingerprint density at radius 1 is 1.13 bits per heavy atom. The fourth-order valence-corrected chi connectivity index (χ4v) is 5.05. The van der Waals surface area contributed by atoms with Crippen LogP contribution in [0.25, 0.3) is 0 Å². The minimum atomic E-state index is -3.66. The van der Waals surface area contributed by atoms with Gasteiger partial charge in [-0.2, -0.15) is 4.31 Å². The van der Waals surface area contributed by atoms with E-state index in [0.29, 0.717) is 18.1 Å². The van der Waals surface area contributed by atoms with Crippen LogP contribution in [0.15, 0.2) is 41.3 Å². The fourth-order valence-electron chi connectivity index (χ4n) is 3.02. The summed E-state index contributed by atoms with van der Waals surface area (Å²) >= 11 is 12.2. The van der Waals surface area contributed by atoms with E-state index in [9.17, 15) is 18.0 Å². The molecule has 10 heteroatoms. The van der Waals surface area contributed by atoms with Gasteiger partial charge in [0.1, 0.15) is 0 Å². The van der Waals surface area contributed by atoms with Crippen molar-refractivity contribution in [2.45, 2.75) is 24.7 Å². The Bertz CT molecular complexity index is 1080. The number of aryl methyl sites for hydroxylation is 1. The Hall–Kier alpha value is -2.13. The van der Waals surface area contributed by atoms with E-state index in [2.05, 4.69) is 5.32 Å². The third-order valence-electron chi connectivity index (χ3n) is 4.66. The van der Waals surface area contributed by atoms with E-state index in [0.717, 1.165) is 18.4 Å². The second-order valence-corrected chi connectivity index (χ2v) is 9.54. The molecule has 2 aromatic carbocycles. The number of nitrogens with one attached hydrogen (secondary N) is 1. The van der Waals surface area contributed by atoms with Crippen molar-refractivity contribution >= 4 is 50.8 Å². The summed E-state index contributed by atoms with van der Waals surface area (Å²) in [5, 5.41) is 3.06. The van der Waals surface area contributed by atoms with Gasteiger partial charge in [-0.3, -0.25) is 4.79 Å². The SMILES string of the molecule is Cc1ccc(Cl)c(NC(=O)COC(=O)c2cccc(S(=O)(=O)N3CCCC3)c2)c1Cl. The van der Waals surface area contributed by atoms with E-state index < -0.39 is 28.5 Å². The monoisotopic (exact) mass is 470 g/mol. The Labute approximate surface area is 185 Å². The summed E-state index contributed by atoms with van der Waals surface area (Å²) in [5.74, 6) is -1.44. The Balaban J connectivity index is 1.66. The summed E-state index contributed by atoms with van der Waals surface area (Å²) < 4.78 is 31.7. The van der Waals surface area contributed by atoms with Gasteiger partial charge in [-0.05, 0) is 49.6 Å².